The number of nitrogens with two attached hydrogens (primary N) is 1. The third-order valence-electron chi connectivity index (χ3n) is 4.10. The van der Waals surface area contributed by atoms with Gasteiger partial charge in [0.15, 0.2) is 11.5 Å². The average molecular weight is 343 g/mol. The molecule has 0 unspecified atom stereocenters. The van der Waals surface area contributed by atoms with Crippen LogP contribution >= 0.6 is 12.4 Å². The molecule has 0 radical (unpaired) electrons. The zero-order chi connectivity index (χ0) is 15.4. The molecule has 1 amide bonds. The minimum absolute atomic E-state index is 0. The van der Waals surface area contributed by atoms with E-state index in [1.54, 1.807) is 0 Å². The lowest BCUT2D eigenvalue weighted by Crippen LogP contribution is -2.56. The standard InChI is InChI=1S/C16H22N2O4.ClH/c17-16(4-8-20-9-5-16)15(19)18-11-12-2-3-13-14(10-12)22-7-1-6-21-13;/h2-3,10H,1,4-9,11,17H2,(H,18,19);1H. The van der Waals surface area contributed by atoms with E-state index < -0.39 is 5.54 Å². The summed E-state index contributed by atoms with van der Waals surface area (Å²) in [7, 11) is 0. The molecule has 1 aromatic carbocycles. The molecule has 3 rings (SSSR count). The molecule has 0 spiro atoms. The molecular weight excluding hydrogens is 320 g/mol. The maximum absolute atomic E-state index is 12.3. The van der Waals surface area contributed by atoms with Gasteiger partial charge in [-0.15, -0.1) is 12.4 Å². The normalized spacial score (nSPS) is 19.2. The fraction of sp³-hybridized carbons (Fsp3) is 0.562. The summed E-state index contributed by atoms with van der Waals surface area (Å²) in [4.78, 5) is 12.3. The van der Waals surface area contributed by atoms with Gasteiger partial charge in [-0.05, 0) is 30.5 Å². The van der Waals surface area contributed by atoms with Crippen molar-refractivity contribution in [1.82, 2.24) is 5.32 Å². The quantitative estimate of drug-likeness (QED) is 0.867. The SMILES string of the molecule is Cl.NC1(C(=O)NCc2ccc3c(c2)OCCCO3)CCOCC1. The lowest BCUT2D eigenvalue weighted by atomic mass is 9.90. The maximum atomic E-state index is 12.3. The summed E-state index contributed by atoms with van der Waals surface area (Å²) in [5.41, 5.74) is 6.31. The predicted molar refractivity (Wildman–Crippen MR) is 88.1 cm³/mol. The Labute approximate surface area is 142 Å². The Hall–Kier alpha value is -1.50. The van der Waals surface area contributed by atoms with E-state index in [9.17, 15) is 4.79 Å². The van der Waals surface area contributed by atoms with Crippen LogP contribution in [0.5, 0.6) is 11.5 Å². The molecule has 1 fully saturated rings. The summed E-state index contributed by atoms with van der Waals surface area (Å²) in [6.07, 6.45) is 1.98. The topological polar surface area (TPSA) is 82.8 Å². The van der Waals surface area contributed by atoms with E-state index in [0.29, 0.717) is 45.8 Å². The van der Waals surface area contributed by atoms with Gasteiger partial charge >= 0.3 is 0 Å². The molecule has 0 bridgehead atoms. The van der Waals surface area contributed by atoms with Gasteiger partial charge < -0.3 is 25.3 Å². The van der Waals surface area contributed by atoms with Crippen LogP contribution in [0.25, 0.3) is 0 Å². The third-order valence-corrected chi connectivity index (χ3v) is 4.10. The molecular formula is C16H23ClN2O4. The second-order valence-corrected chi connectivity index (χ2v) is 5.78. The Morgan fingerprint density at radius 2 is 1.83 bits per heavy atom. The first kappa shape index (κ1) is 17.8. The number of benzene rings is 1. The van der Waals surface area contributed by atoms with Crippen molar-refractivity contribution < 1.29 is 19.0 Å². The molecule has 3 N–H and O–H groups in total. The molecule has 0 saturated carbocycles. The molecule has 1 aromatic rings. The van der Waals surface area contributed by atoms with Crippen LogP contribution in [0, 0.1) is 0 Å². The Bertz CT molecular complexity index is 547. The molecule has 0 aliphatic carbocycles. The number of carbonyl (C=O) groups excluding carboxylic acids is 1. The maximum Gasteiger partial charge on any atom is 0.240 e. The van der Waals surface area contributed by atoms with E-state index in [1.165, 1.54) is 0 Å². The summed E-state index contributed by atoms with van der Waals surface area (Å²) < 4.78 is 16.5. The lowest BCUT2D eigenvalue weighted by molar-refractivity contribution is -0.129. The van der Waals surface area contributed by atoms with Crippen molar-refractivity contribution in [3.63, 3.8) is 0 Å². The number of fused-ring (bicyclic) bond motifs is 1. The highest BCUT2D eigenvalue weighted by Gasteiger charge is 2.35. The number of hydrogen-bond donors (Lipinski definition) is 2. The van der Waals surface area contributed by atoms with Crippen LogP contribution in [0.15, 0.2) is 18.2 Å². The van der Waals surface area contributed by atoms with Crippen molar-refractivity contribution in [2.24, 2.45) is 5.73 Å². The van der Waals surface area contributed by atoms with Crippen molar-refractivity contribution in [2.75, 3.05) is 26.4 Å². The summed E-state index contributed by atoms with van der Waals surface area (Å²) in [5, 5.41) is 2.92. The van der Waals surface area contributed by atoms with Crippen LogP contribution in [0.1, 0.15) is 24.8 Å². The van der Waals surface area contributed by atoms with E-state index in [1.807, 2.05) is 18.2 Å². The van der Waals surface area contributed by atoms with Gasteiger partial charge in [0, 0.05) is 26.2 Å². The zero-order valence-corrected chi connectivity index (χ0v) is 13.8. The van der Waals surface area contributed by atoms with Crippen molar-refractivity contribution in [3.8, 4) is 11.5 Å². The highest BCUT2D eigenvalue weighted by atomic mass is 35.5. The van der Waals surface area contributed by atoms with Crippen molar-refractivity contribution in [1.29, 1.82) is 0 Å². The van der Waals surface area contributed by atoms with E-state index >= 15 is 0 Å². The fourth-order valence-electron chi connectivity index (χ4n) is 2.64. The van der Waals surface area contributed by atoms with E-state index in [0.717, 1.165) is 23.5 Å². The highest BCUT2D eigenvalue weighted by Crippen LogP contribution is 2.30. The number of nitrogens with one attached hydrogen (secondary N) is 1. The van der Waals surface area contributed by atoms with Crippen LogP contribution in [-0.4, -0.2) is 37.9 Å². The van der Waals surface area contributed by atoms with Crippen LogP contribution < -0.4 is 20.5 Å². The first-order valence-corrected chi connectivity index (χ1v) is 7.71. The molecule has 2 aliphatic rings. The summed E-state index contributed by atoms with van der Waals surface area (Å²) >= 11 is 0. The molecule has 2 heterocycles. The number of ether oxygens (including phenoxy) is 3. The number of carbonyl (C=O) groups is 1. The smallest absolute Gasteiger partial charge is 0.240 e. The van der Waals surface area contributed by atoms with Gasteiger partial charge in [-0.25, -0.2) is 0 Å². The molecule has 0 aromatic heterocycles. The summed E-state index contributed by atoms with van der Waals surface area (Å²) in [6, 6.07) is 5.73. The van der Waals surface area contributed by atoms with E-state index in [2.05, 4.69) is 5.32 Å². The van der Waals surface area contributed by atoms with Crippen LogP contribution in [0.2, 0.25) is 0 Å². The largest absolute Gasteiger partial charge is 0.490 e. The number of halogens is 1. The van der Waals surface area contributed by atoms with E-state index in [4.69, 9.17) is 19.9 Å². The second-order valence-electron chi connectivity index (χ2n) is 5.78. The molecule has 128 valence electrons. The Morgan fingerprint density at radius 3 is 2.57 bits per heavy atom. The fourth-order valence-corrected chi connectivity index (χ4v) is 2.64. The van der Waals surface area contributed by atoms with Crippen LogP contribution in [0.4, 0.5) is 0 Å². The van der Waals surface area contributed by atoms with Gasteiger partial charge in [0.1, 0.15) is 0 Å². The molecule has 23 heavy (non-hydrogen) atoms. The van der Waals surface area contributed by atoms with Gasteiger partial charge in [0.25, 0.3) is 0 Å². The van der Waals surface area contributed by atoms with Gasteiger partial charge in [-0.3, -0.25) is 4.79 Å². The molecule has 0 atom stereocenters. The summed E-state index contributed by atoms with van der Waals surface area (Å²) in [6.45, 7) is 2.81. The Kier molecular flexibility index (Phi) is 6.10. The van der Waals surface area contributed by atoms with Gasteiger partial charge in [-0.1, -0.05) is 6.07 Å². The first-order chi connectivity index (χ1) is 10.7. The minimum Gasteiger partial charge on any atom is -0.490 e. The third kappa shape index (κ3) is 4.28. The predicted octanol–water partition coefficient (Wildman–Crippen LogP) is 1.39. The van der Waals surface area contributed by atoms with Gasteiger partial charge in [0.05, 0.1) is 18.8 Å². The zero-order valence-electron chi connectivity index (χ0n) is 13.0. The van der Waals surface area contributed by atoms with Crippen molar-refractivity contribution in [3.05, 3.63) is 23.8 Å². The summed E-state index contributed by atoms with van der Waals surface area (Å²) in [5.74, 6) is 1.37. The van der Waals surface area contributed by atoms with Crippen LogP contribution in [-0.2, 0) is 16.1 Å². The number of amides is 1. The highest BCUT2D eigenvalue weighted by molar-refractivity contribution is 5.86. The first-order valence-electron chi connectivity index (χ1n) is 7.71. The lowest BCUT2D eigenvalue weighted by Gasteiger charge is -2.31. The number of hydrogen-bond acceptors (Lipinski definition) is 5. The monoisotopic (exact) mass is 342 g/mol. The van der Waals surface area contributed by atoms with Gasteiger partial charge in [0.2, 0.25) is 5.91 Å². The van der Waals surface area contributed by atoms with Crippen molar-refractivity contribution >= 4 is 18.3 Å². The average Bonchev–Trinajstić information content (AvgIpc) is 2.78. The van der Waals surface area contributed by atoms with Crippen LogP contribution in [0.3, 0.4) is 0 Å². The van der Waals surface area contributed by atoms with E-state index in [-0.39, 0.29) is 18.3 Å². The Morgan fingerprint density at radius 1 is 1.13 bits per heavy atom. The molecule has 6 nitrogen and oxygen atoms in total. The molecule has 1 saturated heterocycles. The van der Waals surface area contributed by atoms with Crippen molar-refractivity contribution in [2.45, 2.75) is 31.3 Å². The minimum atomic E-state index is -0.816. The number of rotatable bonds is 3. The van der Waals surface area contributed by atoms with Gasteiger partial charge in [-0.2, -0.15) is 0 Å². The Balaban J connectivity index is 0.00000192. The molecule has 7 heteroatoms. The molecule has 2 aliphatic heterocycles. The second kappa shape index (κ2) is 7.86.